The highest BCUT2D eigenvalue weighted by Gasteiger charge is 2.27. The summed E-state index contributed by atoms with van der Waals surface area (Å²) in [5, 5.41) is 13.7. The molecule has 0 saturated heterocycles. The lowest BCUT2D eigenvalue weighted by Gasteiger charge is -2.25. The van der Waals surface area contributed by atoms with Gasteiger partial charge in [0.1, 0.15) is 13.2 Å². The Hall–Kier alpha value is -1.02. The third-order valence-corrected chi connectivity index (χ3v) is 9.16. The minimum Gasteiger partial charge on any atom is -0.387 e. The summed E-state index contributed by atoms with van der Waals surface area (Å²) in [6.07, 6.45) is 32.5. The summed E-state index contributed by atoms with van der Waals surface area (Å²) in [7, 11) is 1.55. The van der Waals surface area contributed by atoms with Crippen LogP contribution in [0.3, 0.4) is 0 Å². The molecule has 3 unspecified atom stereocenters. The average Bonchev–Trinajstić information content (AvgIpc) is 2.99. The van der Waals surface area contributed by atoms with Crippen LogP contribution in [0.4, 0.5) is 0 Å². The molecular formula is C37H74N2O6P+. The Morgan fingerprint density at radius 1 is 0.717 bits per heavy atom. The number of aliphatic hydroxyl groups is 1. The first-order valence-corrected chi connectivity index (χ1v) is 20.2. The van der Waals surface area contributed by atoms with Gasteiger partial charge in [-0.1, -0.05) is 141 Å². The summed E-state index contributed by atoms with van der Waals surface area (Å²) in [4.78, 5) is 22.9. The van der Waals surface area contributed by atoms with Crippen LogP contribution in [0.5, 0.6) is 0 Å². The van der Waals surface area contributed by atoms with Crippen molar-refractivity contribution in [2.75, 3.05) is 40.9 Å². The molecule has 0 aliphatic rings. The van der Waals surface area contributed by atoms with Crippen molar-refractivity contribution in [2.45, 2.75) is 167 Å². The van der Waals surface area contributed by atoms with Crippen molar-refractivity contribution in [3.63, 3.8) is 0 Å². The van der Waals surface area contributed by atoms with E-state index in [1.54, 1.807) is 6.08 Å². The van der Waals surface area contributed by atoms with Crippen molar-refractivity contribution in [2.24, 2.45) is 0 Å². The van der Waals surface area contributed by atoms with E-state index in [-0.39, 0.29) is 19.1 Å². The largest absolute Gasteiger partial charge is 0.472 e. The van der Waals surface area contributed by atoms with Gasteiger partial charge in [0, 0.05) is 6.42 Å². The normalized spacial score (nSPS) is 15.0. The van der Waals surface area contributed by atoms with E-state index in [0.717, 1.165) is 38.5 Å². The zero-order valence-corrected chi connectivity index (χ0v) is 31.5. The molecule has 3 atom stereocenters. The summed E-state index contributed by atoms with van der Waals surface area (Å²) in [6.45, 7) is 4.74. The molecule has 0 fully saturated rings. The molecule has 0 aliphatic carbocycles. The highest BCUT2D eigenvalue weighted by molar-refractivity contribution is 7.47. The Bertz CT molecular complexity index is 814. The monoisotopic (exact) mass is 674 g/mol. The van der Waals surface area contributed by atoms with Gasteiger partial charge in [0.2, 0.25) is 5.91 Å². The molecule has 9 heteroatoms. The fourth-order valence-electron chi connectivity index (χ4n) is 5.11. The SMILES string of the molecule is CCCCCCCCCCC/C=C/CC/C=C/C(O)C(COP(=O)(O)OCC[N+](C)(C)C)NC(=O)CCCCCCCCCCC. The summed E-state index contributed by atoms with van der Waals surface area (Å²) in [5.41, 5.74) is 0. The number of carbonyl (C=O) groups is 1. The number of nitrogens with one attached hydrogen (secondary N) is 1. The average molecular weight is 674 g/mol. The second kappa shape index (κ2) is 30.1. The topological polar surface area (TPSA) is 105 Å². The summed E-state index contributed by atoms with van der Waals surface area (Å²) >= 11 is 0. The van der Waals surface area contributed by atoms with Crippen LogP contribution >= 0.6 is 7.82 Å². The highest BCUT2D eigenvalue weighted by atomic mass is 31.2. The van der Waals surface area contributed by atoms with E-state index in [1.807, 2.05) is 27.2 Å². The maximum atomic E-state index is 12.7. The van der Waals surface area contributed by atoms with Gasteiger partial charge < -0.3 is 19.8 Å². The van der Waals surface area contributed by atoms with E-state index in [0.29, 0.717) is 17.4 Å². The molecule has 0 aliphatic heterocycles. The van der Waals surface area contributed by atoms with Gasteiger partial charge in [0.15, 0.2) is 0 Å². The molecule has 8 nitrogen and oxygen atoms in total. The van der Waals surface area contributed by atoms with Crippen molar-refractivity contribution in [3.05, 3.63) is 24.3 Å². The smallest absolute Gasteiger partial charge is 0.387 e. The van der Waals surface area contributed by atoms with Crippen LogP contribution in [0.2, 0.25) is 0 Å². The van der Waals surface area contributed by atoms with Crippen LogP contribution in [0.25, 0.3) is 0 Å². The molecule has 0 heterocycles. The van der Waals surface area contributed by atoms with Crippen LogP contribution in [0.15, 0.2) is 24.3 Å². The van der Waals surface area contributed by atoms with Crippen LogP contribution in [-0.4, -0.2) is 73.4 Å². The van der Waals surface area contributed by atoms with Crippen LogP contribution in [0.1, 0.15) is 155 Å². The predicted octanol–water partition coefficient (Wildman–Crippen LogP) is 9.41. The minimum atomic E-state index is -4.33. The third kappa shape index (κ3) is 31.6. The number of nitrogens with zero attached hydrogens (tertiary/aromatic N) is 1. The first-order chi connectivity index (χ1) is 22.0. The number of aliphatic hydroxyl groups excluding tert-OH is 1. The van der Waals surface area contributed by atoms with E-state index in [4.69, 9.17) is 9.05 Å². The lowest BCUT2D eigenvalue weighted by molar-refractivity contribution is -0.870. The van der Waals surface area contributed by atoms with Crippen molar-refractivity contribution in [1.82, 2.24) is 5.32 Å². The molecule has 3 N–H and O–H groups in total. The molecule has 0 aromatic heterocycles. The number of hydrogen-bond donors (Lipinski definition) is 3. The molecule has 0 spiro atoms. The second-order valence-electron chi connectivity index (χ2n) is 13.9. The van der Waals surface area contributed by atoms with Gasteiger partial charge in [-0.3, -0.25) is 13.8 Å². The van der Waals surface area contributed by atoms with Crippen LogP contribution in [-0.2, 0) is 18.4 Å². The molecular weight excluding hydrogens is 599 g/mol. The van der Waals surface area contributed by atoms with E-state index < -0.39 is 20.0 Å². The van der Waals surface area contributed by atoms with Crippen molar-refractivity contribution >= 4 is 13.7 Å². The number of hydrogen-bond acceptors (Lipinski definition) is 5. The van der Waals surface area contributed by atoms with Crippen LogP contribution in [0, 0.1) is 0 Å². The Balaban J connectivity index is 4.59. The van der Waals surface area contributed by atoms with E-state index in [1.165, 1.54) is 96.3 Å². The van der Waals surface area contributed by atoms with Crippen molar-refractivity contribution in [1.29, 1.82) is 0 Å². The minimum absolute atomic E-state index is 0.0575. The number of amides is 1. The van der Waals surface area contributed by atoms with Gasteiger partial charge in [-0.2, -0.15) is 0 Å². The molecule has 0 saturated carbocycles. The summed E-state index contributed by atoms with van der Waals surface area (Å²) in [6, 6.07) is -0.855. The number of carbonyl (C=O) groups excluding carboxylic acids is 1. The molecule has 1 amide bonds. The zero-order valence-electron chi connectivity index (χ0n) is 30.6. The quantitative estimate of drug-likeness (QED) is 0.0278. The Labute approximate surface area is 284 Å². The second-order valence-corrected chi connectivity index (χ2v) is 15.4. The zero-order chi connectivity index (χ0) is 34.4. The predicted molar refractivity (Wildman–Crippen MR) is 194 cm³/mol. The lowest BCUT2D eigenvalue weighted by Crippen LogP contribution is -2.45. The molecule has 46 heavy (non-hydrogen) atoms. The maximum absolute atomic E-state index is 12.7. The number of quaternary nitrogens is 1. The third-order valence-electron chi connectivity index (χ3n) is 8.17. The molecule has 0 aromatic rings. The molecule has 272 valence electrons. The Morgan fingerprint density at radius 3 is 1.74 bits per heavy atom. The Morgan fingerprint density at radius 2 is 1.20 bits per heavy atom. The summed E-state index contributed by atoms with van der Waals surface area (Å²) < 4.78 is 23.4. The number of phosphoric ester groups is 1. The molecule has 0 rings (SSSR count). The van der Waals surface area contributed by atoms with Crippen molar-refractivity contribution < 1.29 is 32.9 Å². The van der Waals surface area contributed by atoms with Gasteiger partial charge in [0.25, 0.3) is 0 Å². The fraction of sp³-hybridized carbons (Fsp3) is 0.865. The van der Waals surface area contributed by atoms with Gasteiger partial charge >= 0.3 is 7.82 Å². The molecule has 0 bridgehead atoms. The van der Waals surface area contributed by atoms with Gasteiger partial charge in [-0.25, -0.2) is 4.57 Å². The van der Waals surface area contributed by atoms with Gasteiger partial charge in [-0.15, -0.1) is 0 Å². The van der Waals surface area contributed by atoms with Gasteiger partial charge in [-0.05, 0) is 32.1 Å². The number of phosphoric acid groups is 1. The van der Waals surface area contributed by atoms with Gasteiger partial charge in [0.05, 0.1) is 39.9 Å². The number of unbranched alkanes of at least 4 members (excludes halogenated alkanes) is 18. The summed E-state index contributed by atoms with van der Waals surface area (Å²) in [5.74, 6) is -0.192. The molecule has 0 radical (unpaired) electrons. The number of rotatable bonds is 33. The Kier molecular flexibility index (Phi) is 29.4. The standard InChI is InChI=1S/C37H73N2O6P/c1-6-8-10-12-14-16-17-18-19-20-21-23-24-26-28-30-36(40)35(34-45-46(42,43)44-33-32-39(3,4)5)38-37(41)31-29-27-25-22-15-13-11-9-7-2/h21,23,28,30,35-36,40H,6-20,22,24-27,29,31-34H2,1-5H3,(H-,38,41,42,43)/p+1/b23-21+,30-28+. The maximum Gasteiger partial charge on any atom is 0.472 e. The van der Waals surface area contributed by atoms with Crippen molar-refractivity contribution in [3.8, 4) is 0 Å². The molecule has 0 aromatic carbocycles. The lowest BCUT2D eigenvalue weighted by atomic mass is 10.1. The number of likely N-dealkylation sites (N-methyl/N-ethyl adjacent to an activating group) is 1. The van der Waals surface area contributed by atoms with Crippen LogP contribution < -0.4 is 5.32 Å². The first kappa shape index (κ1) is 45.0. The van der Waals surface area contributed by atoms with E-state index in [2.05, 4.69) is 31.3 Å². The van der Waals surface area contributed by atoms with E-state index >= 15 is 0 Å². The van der Waals surface area contributed by atoms with E-state index in [9.17, 15) is 19.4 Å². The fourth-order valence-corrected chi connectivity index (χ4v) is 5.85. The first-order valence-electron chi connectivity index (χ1n) is 18.7. The number of allylic oxidation sites excluding steroid dienone is 3. The highest BCUT2D eigenvalue weighted by Crippen LogP contribution is 2.43.